The van der Waals surface area contributed by atoms with E-state index in [-0.39, 0.29) is 17.1 Å². The predicted molar refractivity (Wildman–Crippen MR) is 76.9 cm³/mol. The molecule has 110 valence electrons. The van der Waals surface area contributed by atoms with E-state index in [0.29, 0.717) is 13.1 Å². The number of hydrogen-bond acceptors (Lipinski definition) is 4. The highest BCUT2D eigenvalue weighted by Crippen LogP contribution is 2.27. The van der Waals surface area contributed by atoms with Crippen molar-refractivity contribution in [3.8, 4) is 0 Å². The molecular formula is C13H24N2O3S. The van der Waals surface area contributed by atoms with E-state index in [1.807, 2.05) is 41.5 Å². The average molecular weight is 288 g/mol. The molecule has 0 spiro atoms. The molecule has 1 heterocycles. The van der Waals surface area contributed by atoms with Gasteiger partial charge in [-0.15, -0.1) is 0 Å². The molecule has 0 aromatic heterocycles. The fourth-order valence-electron chi connectivity index (χ4n) is 1.60. The maximum absolute atomic E-state index is 12.1. The quantitative estimate of drug-likeness (QED) is 0.457. The number of hydrogen-bond donors (Lipinski definition) is 1. The van der Waals surface area contributed by atoms with Crippen LogP contribution in [0.15, 0.2) is 0 Å². The summed E-state index contributed by atoms with van der Waals surface area (Å²) in [6.45, 7) is 11.9. The summed E-state index contributed by atoms with van der Waals surface area (Å²) >= 11 is -1.30. The summed E-state index contributed by atoms with van der Waals surface area (Å²) in [5.41, 5.74) is -0.510. The average Bonchev–Trinajstić information content (AvgIpc) is 2.09. The van der Waals surface area contributed by atoms with Gasteiger partial charge >= 0.3 is 6.09 Å². The van der Waals surface area contributed by atoms with Gasteiger partial charge in [0.2, 0.25) is 5.04 Å². The van der Waals surface area contributed by atoms with Gasteiger partial charge in [-0.25, -0.2) is 4.79 Å². The minimum Gasteiger partial charge on any atom is -0.610 e. The first-order valence-electron chi connectivity index (χ1n) is 6.40. The Morgan fingerprint density at radius 3 is 2.11 bits per heavy atom. The van der Waals surface area contributed by atoms with Crippen LogP contribution in [-0.2, 0) is 15.9 Å². The van der Waals surface area contributed by atoms with E-state index >= 15 is 0 Å². The van der Waals surface area contributed by atoms with Crippen LogP contribution in [0.3, 0.4) is 0 Å². The minimum atomic E-state index is -1.30. The van der Waals surface area contributed by atoms with Crippen molar-refractivity contribution in [1.82, 2.24) is 4.90 Å². The summed E-state index contributed by atoms with van der Waals surface area (Å²) in [5, 5.41) is 8.17. The highest BCUT2D eigenvalue weighted by Gasteiger charge is 2.43. The Morgan fingerprint density at radius 1 is 1.26 bits per heavy atom. The molecule has 5 nitrogen and oxygen atoms in total. The third-order valence-corrected chi connectivity index (χ3v) is 4.51. The zero-order chi connectivity index (χ0) is 15.0. The standard InChI is InChI=1S/C13H24N2O3S/c1-12(2,3)18-11(16)15-7-9(8-15)10(14)19(17)13(4,5)6/h9,14H,7-8H2,1-6H3. The number of nitrogens with zero attached hydrogens (tertiary/aromatic N) is 1. The number of amides is 1. The van der Waals surface area contributed by atoms with Gasteiger partial charge in [0.15, 0.2) is 0 Å². The van der Waals surface area contributed by atoms with Crippen LogP contribution < -0.4 is 0 Å². The summed E-state index contributed by atoms with van der Waals surface area (Å²) in [4.78, 5) is 13.3. The highest BCUT2D eigenvalue weighted by molar-refractivity contribution is 8.07. The van der Waals surface area contributed by atoms with Gasteiger partial charge < -0.3 is 14.2 Å². The van der Waals surface area contributed by atoms with Crippen LogP contribution in [0.25, 0.3) is 0 Å². The minimum absolute atomic E-state index is 0.104. The lowest BCUT2D eigenvalue weighted by Crippen LogP contribution is -2.56. The molecule has 0 aromatic carbocycles. The number of carbonyl (C=O) groups is 1. The van der Waals surface area contributed by atoms with E-state index in [9.17, 15) is 9.35 Å². The van der Waals surface area contributed by atoms with Crippen LogP contribution in [0.2, 0.25) is 0 Å². The Morgan fingerprint density at radius 2 is 1.74 bits per heavy atom. The second-order valence-electron chi connectivity index (χ2n) is 6.83. The van der Waals surface area contributed by atoms with E-state index < -0.39 is 21.5 Å². The lowest BCUT2D eigenvalue weighted by molar-refractivity contribution is 0.00711. The van der Waals surface area contributed by atoms with Crippen molar-refractivity contribution in [1.29, 1.82) is 5.41 Å². The maximum atomic E-state index is 12.1. The Hall–Kier alpha value is -0.750. The van der Waals surface area contributed by atoms with Gasteiger partial charge in [-0.3, -0.25) is 5.41 Å². The molecule has 1 unspecified atom stereocenters. The molecule has 0 bridgehead atoms. The molecule has 1 atom stereocenters. The number of ether oxygens (including phenoxy) is 1. The summed E-state index contributed by atoms with van der Waals surface area (Å²) in [6, 6.07) is 0. The zero-order valence-electron chi connectivity index (χ0n) is 12.6. The topological polar surface area (TPSA) is 76.5 Å². The smallest absolute Gasteiger partial charge is 0.410 e. The highest BCUT2D eigenvalue weighted by atomic mass is 32.2. The third-order valence-electron chi connectivity index (χ3n) is 2.66. The third kappa shape index (κ3) is 4.38. The van der Waals surface area contributed by atoms with Crippen molar-refractivity contribution in [3.63, 3.8) is 0 Å². The van der Waals surface area contributed by atoms with Crippen molar-refractivity contribution < 1.29 is 14.1 Å². The Bertz CT molecular complexity index is 365. The van der Waals surface area contributed by atoms with Crippen LogP contribution >= 0.6 is 0 Å². The molecule has 1 saturated heterocycles. The molecule has 1 aliphatic rings. The Balaban J connectivity index is 2.46. The molecule has 0 radical (unpaired) electrons. The SMILES string of the molecule is CC(C)(C)OC(=O)N1CC(C(=N)[S+]([O-])C(C)(C)C)C1. The predicted octanol–water partition coefficient (Wildman–Crippen LogP) is 2.38. The zero-order valence-corrected chi connectivity index (χ0v) is 13.4. The van der Waals surface area contributed by atoms with E-state index in [1.165, 1.54) is 0 Å². The largest absolute Gasteiger partial charge is 0.610 e. The van der Waals surface area contributed by atoms with E-state index in [0.717, 1.165) is 0 Å². The van der Waals surface area contributed by atoms with Gasteiger partial charge in [-0.1, -0.05) is 0 Å². The Labute approximate surface area is 118 Å². The molecule has 1 rings (SSSR count). The van der Waals surface area contributed by atoms with Crippen molar-refractivity contribution in [2.75, 3.05) is 13.1 Å². The second-order valence-corrected chi connectivity index (χ2v) is 9.03. The first-order valence-corrected chi connectivity index (χ1v) is 7.55. The molecule has 1 N–H and O–H groups in total. The van der Waals surface area contributed by atoms with Crippen LogP contribution in [0, 0.1) is 11.3 Å². The normalized spacial score (nSPS) is 18.8. The molecule has 19 heavy (non-hydrogen) atoms. The molecule has 0 aromatic rings. The van der Waals surface area contributed by atoms with E-state index in [4.69, 9.17) is 10.1 Å². The lowest BCUT2D eigenvalue weighted by Gasteiger charge is -2.40. The van der Waals surface area contributed by atoms with Gasteiger partial charge in [-0.05, 0) is 41.5 Å². The summed E-state index contributed by atoms with van der Waals surface area (Å²) in [7, 11) is 0. The van der Waals surface area contributed by atoms with Gasteiger partial charge in [0.25, 0.3) is 0 Å². The fraction of sp³-hybridized carbons (Fsp3) is 0.846. The Kier molecular flexibility index (Phi) is 4.57. The van der Waals surface area contributed by atoms with E-state index in [2.05, 4.69) is 0 Å². The molecule has 6 heteroatoms. The molecular weight excluding hydrogens is 264 g/mol. The van der Waals surface area contributed by atoms with Gasteiger partial charge in [0, 0.05) is 24.3 Å². The van der Waals surface area contributed by atoms with Crippen molar-refractivity contribution in [2.45, 2.75) is 51.9 Å². The lowest BCUT2D eigenvalue weighted by atomic mass is 10.0. The number of nitrogens with one attached hydrogen (secondary N) is 1. The number of likely N-dealkylation sites (tertiary alicyclic amines) is 1. The first kappa shape index (κ1) is 16.3. The molecule has 1 amide bonds. The molecule has 1 fully saturated rings. The van der Waals surface area contributed by atoms with Crippen molar-refractivity contribution in [3.05, 3.63) is 0 Å². The maximum Gasteiger partial charge on any atom is 0.410 e. The summed E-state index contributed by atoms with van der Waals surface area (Å²) < 4.78 is 16.9. The second kappa shape index (κ2) is 5.32. The van der Waals surface area contributed by atoms with Gasteiger partial charge in [0.1, 0.15) is 10.3 Å². The van der Waals surface area contributed by atoms with Gasteiger partial charge in [-0.2, -0.15) is 0 Å². The monoisotopic (exact) mass is 288 g/mol. The van der Waals surface area contributed by atoms with Crippen LogP contribution in [0.5, 0.6) is 0 Å². The van der Waals surface area contributed by atoms with Crippen LogP contribution in [-0.4, -0.2) is 44.0 Å². The molecule has 1 aliphatic heterocycles. The summed E-state index contributed by atoms with van der Waals surface area (Å²) in [5.74, 6) is -0.104. The number of carbonyl (C=O) groups excluding carboxylic acids is 1. The van der Waals surface area contributed by atoms with Crippen molar-refractivity contribution >= 4 is 22.3 Å². The van der Waals surface area contributed by atoms with Crippen molar-refractivity contribution in [2.24, 2.45) is 5.92 Å². The molecule has 0 saturated carbocycles. The van der Waals surface area contributed by atoms with Crippen LogP contribution in [0.1, 0.15) is 41.5 Å². The molecule has 0 aliphatic carbocycles. The van der Waals surface area contributed by atoms with E-state index in [1.54, 1.807) is 4.90 Å². The summed E-state index contributed by atoms with van der Waals surface area (Å²) in [6.07, 6.45) is -0.363. The fourth-order valence-corrected chi connectivity index (χ4v) is 2.71. The number of rotatable bonds is 1. The van der Waals surface area contributed by atoms with Crippen LogP contribution in [0.4, 0.5) is 4.79 Å². The van der Waals surface area contributed by atoms with Gasteiger partial charge in [0.05, 0.1) is 5.92 Å². The first-order chi connectivity index (χ1) is 8.42.